The predicted molar refractivity (Wildman–Crippen MR) is 79.1 cm³/mol. The van der Waals surface area contributed by atoms with E-state index >= 15 is 0 Å². The number of nitrogens with zero attached hydrogens (tertiary/aromatic N) is 1. The molecule has 0 aliphatic heterocycles. The molecule has 0 aliphatic carbocycles. The first-order chi connectivity index (χ1) is 9.31. The van der Waals surface area contributed by atoms with E-state index in [1.165, 1.54) is 4.90 Å². The molecular weight excluding hydrogens is 256 g/mol. The number of carbonyl (C=O) groups excluding carboxylic acids is 2. The van der Waals surface area contributed by atoms with Crippen LogP contribution < -0.4 is 16.8 Å². The Morgan fingerprint density at radius 2 is 1.95 bits per heavy atom. The smallest absolute Gasteiger partial charge is 0.322 e. The Bertz CT molecular complexity index is 486. The van der Waals surface area contributed by atoms with Crippen LogP contribution in [0.2, 0.25) is 0 Å². The fourth-order valence-corrected chi connectivity index (χ4v) is 1.75. The van der Waals surface area contributed by atoms with E-state index in [2.05, 4.69) is 5.32 Å². The van der Waals surface area contributed by atoms with Gasteiger partial charge < -0.3 is 21.7 Å². The van der Waals surface area contributed by atoms with Gasteiger partial charge in [-0.2, -0.15) is 0 Å². The molecule has 5 N–H and O–H groups in total. The number of rotatable bonds is 5. The van der Waals surface area contributed by atoms with E-state index in [1.807, 2.05) is 39.0 Å². The molecule has 0 fully saturated rings. The van der Waals surface area contributed by atoms with Crippen molar-refractivity contribution in [2.45, 2.75) is 32.9 Å². The van der Waals surface area contributed by atoms with Crippen LogP contribution in [0.1, 0.15) is 32.4 Å². The fraction of sp³-hybridized carbons (Fsp3) is 0.429. The molecule has 1 atom stereocenters. The summed E-state index contributed by atoms with van der Waals surface area (Å²) in [6.07, 6.45) is 0. The van der Waals surface area contributed by atoms with Gasteiger partial charge in [-0.3, -0.25) is 4.79 Å². The van der Waals surface area contributed by atoms with Crippen molar-refractivity contribution in [3.8, 4) is 0 Å². The molecule has 0 aromatic heterocycles. The maximum atomic E-state index is 12.1. The van der Waals surface area contributed by atoms with Gasteiger partial charge in [-0.15, -0.1) is 0 Å². The second kappa shape index (κ2) is 6.91. The van der Waals surface area contributed by atoms with Gasteiger partial charge in [-0.1, -0.05) is 12.1 Å². The molecule has 1 aromatic carbocycles. The maximum Gasteiger partial charge on any atom is 0.322 e. The van der Waals surface area contributed by atoms with Crippen molar-refractivity contribution in [2.75, 3.05) is 11.9 Å². The van der Waals surface area contributed by atoms with Crippen molar-refractivity contribution < 1.29 is 9.59 Å². The third-order valence-electron chi connectivity index (χ3n) is 2.87. The Morgan fingerprint density at radius 3 is 2.45 bits per heavy atom. The van der Waals surface area contributed by atoms with Gasteiger partial charge in [0.1, 0.15) is 6.54 Å². The summed E-state index contributed by atoms with van der Waals surface area (Å²) < 4.78 is 0. The van der Waals surface area contributed by atoms with E-state index in [1.54, 1.807) is 6.07 Å². The summed E-state index contributed by atoms with van der Waals surface area (Å²) in [5.41, 5.74) is 12.5. The van der Waals surface area contributed by atoms with E-state index in [4.69, 9.17) is 11.5 Å². The Hall–Kier alpha value is -2.08. The van der Waals surface area contributed by atoms with Crippen molar-refractivity contribution in [2.24, 2.45) is 11.5 Å². The van der Waals surface area contributed by atoms with Crippen LogP contribution in [-0.4, -0.2) is 29.4 Å². The number of urea groups is 1. The summed E-state index contributed by atoms with van der Waals surface area (Å²) in [5.74, 6) is -0.543. The molecule has 0 aliphatic rings. The molecule has 0 bridgehead atoms. The van der Waals surface area contributed by atoms with Gasteiger partial charge in [-0.25, -0.2) is 4.79 Å². The lowest BCUT2D eigenvalue weighted by Gasteiger charge is -2.25. The van der Waals surface area contributed by atoms with Crippen LogP contribution in [0.4, 0.5) is 10.5 Å². The molecule has 3 amide bonds. The summed E-state index contributed by atoms with van der Waals surface area (Å²) in [4.78, 5) is 24.5. The van der Waals surface area contributed by atoms with Gasteiger partial charge in [0.25, 0.3) is 0 Å². The first-order valence-electron chi connectivity index (χ1n) is 6.52. The average Bonchev–Trinajstić information content (AvgIpc) is 2.35. The van der Waals surface area contributed by atoms with Gasteiger partial charge in [0, 0.05) is 17.8 Å². The predicted octanol–water partition coefficient (Wildman–Crippen LogP) is 1.43. The van der Waals surface area contributed by atoms with Crippen molar-refractivity contribution in [1.82, 2.24) is 4.90 Å². The molecule has 0 heterocycles. The summed E-state index contributed by atoms with van der Waals surface area (Å²) >= 11 is 0. The number of benzene rings is 1. The van der Waals surface area contributed by atoms with Gasteiger partial charge >= 0.3 is 6.03 Å². The molecule has 0 saturated carbocycles. The number of hydrogen-bond acceptors (Lipinski definition) is 3. The normalized spacial score (nSPS) is 12.1. The second-order valence-electron chi connectivity index (χ2n) is 5.03. The fourth-order valence-electron chi connectivity index (χ4n) is 1.75. The van der Waals surface area contributed by atoms with Gasteiger partial charge in [0.15, 0.2) is 0 Å². The Labute approximate surface area is 119 Å². The lowest BCUT2D eigenvalue weighted by molar-refractivity contribution is -0.118. The summed E-state index contributed by atoms with van der Waals surface area (Å²) in [5, 5.41) is 2.75. The summed E-state index contributed by atoms with van der Waals surface area (Å²) in [6.45, 7) is 5.40. The van der Waals surface area contributed by atoms with Gasteiger partial charge in [-0.05, 0) is 38.5 Å². The maximum absolute atomic E-state index is 12.1. The molecule has 6 heteroatoms. The standard InChI is InChI=1S/C14H22N4O2/c1-9(2)18(8-13(16)19)14(20)17-12-6-4-5-11(7-12)10(3)15/h4-7,9-10H,8,15H2,1-3H3,(H2,16,19)(H,17,20). The zero-order chi connectivity index (χ0) is 15.3. The first kappa shape index (κ1) is 16.0. The number of carbonyl (C=O) groups is 2. The highest BCUT2D eigenvalue weighted by Gasteiger charge is 2.19. The van der Waals surface area contributed by atoms with Gasteiger partial charge in [0.05, 0.1) is 0 Å². The highest BCUT2D eigenvalue weighted by molar-refractivity contribution is 5.92. The van der Waals surface area contributed by atoms with E-state index in [0.29, 0.717) is 5.69 Å². The zero-order valence-corrected chi connectivity index (χ0v) is 12.1. The Morgan fingerprint density at radius 1 is 1.30 bits per heavy atom. The monoisotopic (exact) mass is 278 g/mol. The molecule has 20 heavy (non-hydrogen) atoms. The molecule has 0 spiro atoms. The summed E-state index contributed by atoms with van der Waals surface area (Å²) in [6, 6.07) is 6.70. The van der Waals surface area contributed by atoms with Crippen molar-refractivity contribution in [3.05, 3.63) is 29.8 Å². The Kier molecular flexibility index (Phi) is 5.52. The van der Waals surface area contributed by atoms with Crippen LogP contribution in [0.15, 0.2) is 24.3 Å². The second-order valence-corrected chi connectivity index (χ2v) is 5.03. The lowest BCUT2D eigenvalue weighted by Crippen LogP contribution is -2.44. The zero-order valence-electron chi connectivity index (χ0n) is 12.1. The van der Waals surface area contributed by atoms with Crippen LogP contribution in [-0.2, 0) is 4.79 Å². The highest BCUT2D eigenvalue weighted by atomic mass is 16.2. The van der Waals surface area contributed by atoms with Gasteiger partial charge in [0.2, 0.25) is 5.91 Å². The topological polar surface area (TPSA) is 101 Å². The molecule has 110 valence electrons. The third-order valence-corrected chi connectivity index (χ3v) is 2.87. The average molecular weight is 278 g/mol. The van der Waals surface area contributed by atoms with E-state index < -0.39 is 5.91 Å². The number of primary amides is 1. The van der Waals surface area contributed by atoms with Crippen molar-refractivity contribution in [1.29, 1.82) is 0 Å². The van der Waals surface area contributed by atoms with Crippen LogP contribution in [0.5, 0.6) is 0 Å². The number of anilines is 1. The van der Waals surface area contributed by atoms with Crippen LogP contribution in [0.25, 0.3) is 0 Å². The minimum absolute atomic E-state index is 0.112. The summed E-state index contributed by atoms with van der Waals surface area (Å²) in [7, 11) is 0. The van der Waals surface area contributed by atoms with Crippen LogP contribution >= 0.6 is 0 Å². The molecule has 1 rings (SSSR count). The number of hydrogen-bond donors (Lipinski definition) is 3. The molecule has 1 aromatic rings. The molecule has 6 nitrogen and oxygen atoms in total. The number of nitrogens with two attached hydrogens (primary N) is 2. The van der Waals surface area contributed by atoms with E-state index in [9.17, 15) is 9.59 Å². The largest absolute Gasteiger partial charge is 0.368 e. The first-order valence-corrected chi connectivity index (χ1v) is 6.52. The molecule has 0 radical (unpaired) electrons. The van der Waals surface area contributed by atoms with Crippen LogP contribution in [0, 0.1) is 0 Å². The molecule has 1 unspecified atom stereocenters. The minimum Gasteiger partial charge on any atom is -0.368 e. The van der Waals surface area contributed by atoms with Crippen molar-refractivity contribution in [3.63, 3.8) is 0 Å². The quantitative estimate of drug-likeness (QED) is 0.759. The number of nitrogens with one attached hydrogen (secondary N) is 1. The SMILES string of the molecule is CC(N)c1cccc(NC(=O)N(CC(N)=O)C(C)C)c1. The third kappa shape index (κ3) is 4.55. The lowest BCUT2D eigenvalue weighted by atomic mass is 10.1. The highest BCUT2D eigenvalue weighted by Crippen LogP contribution is 2.16. The van der Waals surface area contributed by atoms with Crippen LogP contribution in [0.3, 0.4) is 0 Å². The van der Waals surface area contributed by atoms with Crippen molar-refractivity contribution >= 4 is 17.6 Å². The Balaban J connectivity index is 2.82. The van der Waals surface area contributed by atoms with E-state index in [-0.39, 0.29) is 24.7 Å². The number of amides is 3. The molecule has 0 saturated heterocycles. The minimum atomic E-state index is -0.543. The van der Waals surface area contributed by atoms with E-state index in [0.717, 1.165) is 5.56 Å². The molecular formula is C14H22N4O2.